The highest BCUT2D eigenvalue weighted by Crippen LogP contribution is 2.28. The van der Waals surface area contributed by atoms with Crippen molar-refractivity contribution in [2.45, 2.75) is 13.8 Å². The summed E-state index contributed by atoms with van der Waals surface area (Å²) < 4.78 is 4.97. The number of nitrogens with zero attached hydrogens (tertiary/aromatic N) is 3. The van der Waals surface area contributed by atoms with Gasteiger partial charge in [-0.3, -0.25) is 0 Å². The summed E-state index contributed by atoms with van der Waals surface area (Å²) >= 11 is 1.39. The first-order valence-electron chi connectivity index (χ1n) is 4.09. The summed E-state index contributed by atoms with van der Waals surface area (Å²) in [5.41, 5.74) is 0.762. The summed E-state index contributed by atoms with van der Waals surface area (Å²) in [5, 5.41) is 16.5. The van der Waals surface area contributed by atoms with Gasteiger partial charge in [0.25, 0.3) is 5.89 Å². The molecule has 15 heavy (non-hydrogen) atoms. The van der Waals surface area contributed by atoms with E-state index in [2.05, 4.69) is 15.2 Å². The smallest absolute Gasteiger partial charge is 0.393 e. The van der Waals surface area contributed by atoms with E-state index in [1.165, 1.54) is 11.3 Å². The van der Waals surface area contributed by atoms with E-state index in [1.54, 1.807) is 0 Å². The van der Waals surface area contributed by atoms with E-state index in [0.29, 0.717) is 4.88 Å². The molecule has 0 amide bonds. The van der Waals surface area contributed by atoms with E-state index in [1.807, 2.05) is 13.8 Å². The molecule has 0 unspecified atom stereocenters. The first-order chi connectivity index (χ1) is 7.08. The summed E-state index contributed by atoms with van der Waals surface area (Å²) in [4.78, 5) is 15.4. The summed E-state index contributed by atoms with van der Waals surface area (Å²) in [7, 11) is 0. The molecular formula is C8H7N3O3S. The number of aryl methyl sites for hydroxylation is 2. The van der Waals surface area contributed by atoms with Crippen LogP contribution in [0.1, 0.15) is 21.4 Å². The van der Waals surface area contributed by atoms with Crippen LogP contribution in [0, 0.1) is 13.8 Å². The van der Waals surface area contributed by atoms with Crippen LogP contribution in [0.5, 0.6) is 0 Å². The van der Waals surface area contributed by atoms with Gasteiger partial charge in [0.1, 0.15) is 4.88 Å². The van der Waals surface area contributed by atoms with Crippen molar-refractivity contribution in [1.29, 1.82) is 0 Å². The van der Waals surface area contributed by atoms with Crippen LogP contribution in [0.2, 0.25) is 0 Å². The molecule has 0 aliphatic rings. The molecule has 2 heterocycles. The molecule has 0 atom stereocenters. The number of thiazole rings is 1. The van der Waals surface area contributed by atoms with E-state index in [-0.39, 0.29) is 5.89 Å². The van der Waals surface area contributed by atoms with Crippen LogP contribution >= 0.6 is 11.3 Å². The molecule has 1 N–H and O–H groups in total. The number of aromatic nitrogens is 3. The SMILES string of the molecule is Cc1nc(C)c(-c2nnc(C(=O)O)o2)s1. The Morgan fingerprint density at radius 3 is 2.60 bits per heavy atom. The molecule has 2 rings (SSSR count). The van der Waals surface area contributed by atoms with Crippen molar-refractivity contribution in [2.24, 2.45) is 0 Å². The largest absolute Gasteiger partial charge is 0.474 e. The lowest BCUT2D eigenvalue weighted by Gasteiger charge is -1.87. The van der Waals surface area contributed by atoms with Gasteiger partial charge in [0, 0.05) is 0 Å². The van der Waals surface area contributed by atoms with Crippen LogP contribution in [0.4, 0.5) is 0 Å². The number of carbonyl (C=O) groups is 1. The molecule has 2 aromatic rings. The van der Waals surface area contributed by atoms with E-state index in [0.717, 1.165) is 10.7 Å². The van der Waals surface area contributed by atoms with Crippen LogP contribution in [0.3, 0.4) is 0 Å². The van der Waals surface area contributed by atoms with Crippen molar-refractivity contribution in [3.8, 4) is 10.8 Å². The van der Waals surface area contributed by atoms with Crippen LogP contribution in [0.15, 0.2) is 4.42 Å². The number of hydrogen-bond donors (Lipinski definition) is 1. The molecule has 0 fully saturated rings. The second kappa shape index (κ2) is 3.43. The molecule has 0 aliphatic heterocycles. The Bertz CT molecular complexity index is 517. The third-order valence-corrected chi connectivity index (χ3v) is 2.77. The highest BCUT2D eigenvalue weighted by atomic mass is 32.1. The predicted molar refractivity (Wildman–Crippen MR) is 51.8 cm³/mol. The molecule has 0 saturated carbocycles. The normalized spacial score (nSPS) is 10.5. The maximum absolute atomic E-state index is 10.5. The van der Waals surface area contributed by atoms with Gasteiger partial charge in [0.2, 0.25) is 0 Å². The molecular weight excluding hydrogens is 218 g/mol. The molecule has 0 aromatic carbocycles. The van der Waals surface area contributed by atoms with Crippen molar-refractivity contribution >= 4 is 17.3 Å². The van der Waals surface area contributed by atoms with Crippen LogP contribution in [0.25, 0.3) is 10.8 Å². The lowest BCUT2D eigenvalue weighted by atomic mass is 10.4. The van der Waals surface area contributed by atoms with Gasteiger partial charge < -0.3 is 9.52 Å². The third-order valence-electron chi connectivity index (χ3n) is 1.71. The molecule has 6 nitrogen and oxygen atoms in total. The zero-order valence-corrected chi connectivity index (χ0v) is 8.83. The Morgan fingerprint density at radius 2 is 2.13 bits per heavy atom. The molecule has 0 saturated heterocycles. The molecule has 2 aromatic heterocycles. The second-order valence-corrected chi connectivity index (χ2v) is 4.07. The van der Waals surface area contributed by atoms with E-state index >= 15 is 0 Å². The predicted octanol–water partition coefficient (Wildman–Crippen LogP) is 1.51. The van der Waals surface area contributed by atoms with Crippen LogP contribution in [-0.4, -0.2) is 26.3 Å². The van der Waals surface area contributed by atoms with Crippen molar-refractivity contribution in [1.82, 2.24) is 15.2 Å². The lowest BCUT2D eigenvalue weighted by Crippen LogP contribution is -1.95. The van der Waals surface area contributed by atoms with Crippen LogP contribution in [-0.2, 0) is 0 Å². The highest BCUT2D eigenvalue weighted by Gasteiger charge is 2.17. The molecule has 78 valence electrons. The van der Waals surface area contributed by atoms with Gasteiger partial charge in [-0.15, -0.1) is 21.5 Å². The maximum Gasteiger partial charge on any atom is 0.393 e. The Balaban J connectivity index is 2.45. The average molecular weight is 225 g/mol. The number of rotatable bonds is 2. The van der Waals surface area contributed by atoms with Gasteiger partial charge in [0.15, 0.2) is 0 Å². The van der Waals surface area contributed by atoms with Crippen LogP contribution < -0.4 is 0 Å². The fraction of sp³-hybridized carbons (Fsp3) is 0.250. The van der Waals surface area contributed by atoms with E-state index < -0.39 is 11.9 Å². The lowest BCUT2D eigenvalue weighted by molar-refractivity contribution is 0.0654. The van der Waals surface area contributed by atoms with Gasteiger partial charge in [-0.1, -0.05) is 0 Å². The minimum absolute atomic E-state index is 0.204. The van der Waals surface area contributed by atoms with Gasteiger partial charge in [-0.25, -0.2) is 9.78 Å². The number of aromatic carboxylic acids is 1. The Kier molecular flexibility index (Phi) is 2.24. The summed E-state index contributed by atoms with van der Waals surface area (Å²) in [6, 6.07) is 0. The fourth-order valence-electron chi connectivity index (χ4n) is 1.13. The summed E-state index contributed by atoms with van der Waals surface area (Å²) in [6.45, 7) is 3.67. The zero-order chi connectivity index (χ0) is 11.0. The number of carboxylic acid groups (broad SMARTS) is 1. The van der Waals surface area contributed by atoms with Crippen molar-refractivity contribution in [3.05, 3.63) is 16.6 Å². The van der Waals surface area contributed by atoms with Crippen molar-refractivity contribution in [2.75, 3.05) is 0 Å². The number of hydrogen-bond acceptors (Lipinski definition) is 6. The standard InChI is InChI=1S/C8H7N3O3S/c1-3-5(15-4(2)9-3)6-10-11-7(14-6)8(12)13/h1-2H3,(H,12,13). The summed E-state index contributed by atoms with van der Waals surface area (Å²) in [6.07, 6.45) is 0. The average Bonchev–Trinajstić information content (AvgIpc) is 2.71. The van der Waals surface area contributed by atoms with Gasteiger partial charge in [0.05, 0.1) is 10.7 Å². The summed E-state index contributed by atoms with van der Waals surface area (Å²) in [5.74, 6) is -1.43. The van der Waals surface area contributed by atoms with E-state index in [4.69, 9.17) is 9.52 Å². The van der Waals surface area contributed by atoms with E-state index in [9.17, 15) is 4.79 Å². The monoisotopic (exact) mass is 225 g/mol. The minimum atomic E-state index is -1.23. The third kappa shape index (κ3) is 1.73. The zero-order valence-electron chi connectivity index (χ0n) is 8.01. The van der Waals surface area contributed by atoms with Gasteiger partial charge in [-0.05, 0) is 13.8 Å². The topological polar surface area (TPSA) is 89.1 Å². The molecule has 0 bridgehead atoms. The highest BCUT2D eigenvalue weighted by molar-refractivity contribution is 7.15. The van der Waals surface area contributed by atoms with Gasteiger partial charge in [-0.2, -0.15) is 0 Å². The van der Waals surface area contributed by atoms with Gasteiger partial charge >= 0.3 is 11.9 Å². The van der Waals surface area contributed by atoms with Crippen molar-refractivity contribution < 1.29 is 14.3 Å². The Hall–Kier alpha value is -1.76. The maximum atomic E-state index is 10.5. The molecule has 0 spiro atoms. The minimum Gasteiger partial charge on any atom is -0.474 e. The molecule has 7 heteroatoms. The second-order valence-electron chi connectivity index (χ2n) is 2.86. The quantitative estimate of drug-likeness (QED) is 0.833. The Labute approximate surface area is 88.6 Å². The first kappa shape index (κ1) is 9.78. The molecule has 0 aliphatic carbocycles. The fourth-order valence-corrected chi connectivity index (χ4v) is 1.97. The first-order valence-corrected chi connectivity index (χ1v) is 4.91. The number of carboxylic acids is 1. The van der Waals surface area contributed by atoms with Crippen molar-refractivity contribution in [3.63, 3.8) is 0 Å². The molecule has 0 radical (unpaired) electrons. The Morgan fingerprint density at radius 1 is 1.40 bits per heavy atom.